The first-order valence-corrected chi connectivity index (χ1v) is 4.39. The number of fused-ring (bicyclic) bond motifs is 1. The molecule has 0 unspecified atom stereocenters. The largest absolute Gasteiger partial charge is 0.389 e. The van der Waals surface area contributed by atoms with Crippen LogP contribution in [-0.4, -0.2) is 11.2 Å². The Bertz CT molecular complexity index is 215. The highest BCUT2D eigenvalue weighted by molar-refractivity contribution is 5.23. The molecule has 2 aliphatic rings. The van der Waals surface area contributed by atoms with Gasteiger partial charge in [-0.05, 0) is 30.6 Å². The molecule has 0 amide bonds. The summed E-state index contributed by atoms with van der Waals surface area (Å²) in [5.41, 5.74) is 1.76. The third-order valence-corrected chi connectivity index (χ3v) is 3.50. The first-order valence-electron chi connectivity index (χ1n) is 4.39. The van der Waals surface area contributed by atoms with Gasteiger partial charge in [0.2, 0.25) is 0 Å². The zero-order valence-corrected chi connectivity index (χ0v) is 7.46. The van der Waals surface area contributed by atoms with Crippen molar-refractivity contribution in [3.8, 4) is 0 Å². The average molecular weight is 152 g/mol. The molecule has 0 aliphatic heterocycles. The van der Waals surface area contributed by atoms with Gasteiger partial charge < -0.3 is 5.11 Å². The summed E-state index contributed by atoms with van der Waals surface area (Å²) in [4.78, 5) is 0. The molecule has 62 valence electrons. The second kappa shape index (κ2) is 1.89. The summed E-state index contributed by atoms with van der Waals surface area (Å²) in [5.74, 6) is 1.30. The fraction of sp³-hybridized carbons (Fsp3) is 0.800. The van der Waals surface area contributed by atoms with Crippen molar-refractivity contribution in [1.82, 2.24) is 0 Å². The molecule has 0 heterocycles. The second-order valence-electron chi connectivity index (χ2n) is 4.66. The standard InChI is InChI=1S/C10H16O/c1-6-4-7-9(8(11)5-6)10(7,2)3/h5,7-9,11H,4H2,1-3H3/t7-,8-,9-/m0/s1. The van der Waals surface area contributed by atoms with E-state index >= 15 is 0 Å². The van der Waals surface area contributed by atoms with Crippen LogP contribution in [0.5, 0.6) is 0 Å². The topological polar surface area (TPSA) is 20.2 Å². The average Bonchev–Trinajstić information content (AvgIpc) is 2.34. The predicted molar refractivity (Wildman–Crippen MR) is 45.1 cm³/mol. The smallest absolute Gasteiger partial charge is 0.0759 e. The highest BCUT2D eigenvalue weighted by Gasteiger charge is 2.61. The summed E-state index contributed by atoms with van der Waals surface area (Å²) in [6.45, 7) is 6.64. The van der Waals surface area contributed by atoms with Crippen LogP contribution in [0.1, 0.15) is 27.2 Å². The fourth-order valence-electron chi connectivity index (χ4n) is 2.66. The van der Waals surface area contributed by atoms with Crippen LogP contribution >= 0.6 is 0 Å². The van der Waals surface area contributed by atoms with Gasteiger partial charge in [-0.2, -0.15) is 0 Å². The lowest BCUT2D eigenvalue weighted by atomic mass is 9.99. The summed E-state index contributed by atoms with van der Waals surface area (Å²) in [6.07, 6.45) is 3.06. The summed E-state index contributed by atoms with van der Waals surface area (Å²) < 4.78 is 0. The zero-order chi connectivity index (χ0) is 8.22. The molecule has 1 heteroatoms. The monoisotopic (exact) mass is 152 g/mol. The first-order chi connectivity index (χ1) is 5.03. The van der Waals surface area contributed by atoms with Crippen LogP contribution in [-0.2, 0) is 0 Å². The van der Waals surface area contributed by atoms with Gasteiger partial charge in [0, 0.05) is 0 Å². The van der Waals surface area contributed by atoms with Crippen molar-refractivity contribution in [3.05, 3.63) is 11.6 Å². The third-order valence-electron chi connectivity index (χ3n) is 3.50. The van der Waals surface area contributed by atoms with E-state index in [9.17, 15) is 5.11 Å². The van der Waals surface area contributed by atoms with Crippen molar-refractivity contribution >= 4 is 0 Å². The Morgan fingerprint density at radius 2 is 2.18 bits per heavy atom. The summed E-state index contributed by atoms with van der Waals surface area (Å²) in [6, 6.07) is 0. The second-order valence-corrected chi connectivity index (χ2v) is 4.66. The lowest BCUT2D eigenvalue weighted by Gasteiger charge is -2.12. The minimum absolute atomic E-state index is 0.163. The van der Waals surface area contributed by atoms with E-state index in [4.69, 9.17) is 0 Å². The highest BCUT2D eigenvalue weighted by atomic mass is 16.3. The Morgan fingerprint density at radius 1 is 1.55 bits per heavy atom. The molecule has 1 N–H and O–H groups in total. The van der Waals surface area contributed by atoms with Gasteiger partial charge in [0.25, 0.3) is 0 Å². The maximum Gasteiger partial charge on any atom is 0.0759 e. The van der Waals surface area contributed by atoms with Crippen LogP contribution < -0.4 is 0 Å². The molecule has 2 rings (SSSR count). The van der Waals surface area contributed by atoms with E-state index in [2.05, 4.69) is 20.8 Å². The van der Waals surface area contributed by atoms with E-state index in [1.54, 1.807) is 0 Å². The van der Waals surface area contributed by atoms with E-state index < -0.39 is 0 Å². The number of rotatable bonds is 0. The summed E-state index contributed by atoms with van der Waals surface area (Å²) in [7, 11) is 0. The number of allylic oxidation sites excluding steroid dienone is 1. The molecule has 1 nitrogen and oxygen atoms in total. The van der Waals surface area contributed by atoms with Gasteiger partial charge in [-0.1, -0.05) is 25.5 Å². The Balaban J connectivity index is 2.21. The van der Waals surface area contributed by atoms with Gasteiger partial charge in [-0.3, -0.25) is 0 Å². The number of aliphatic hydroxyl groups is 1. The molecule has 0 aromatic carbocycles. The van der Waals surface area contributed by atoms with Crippen molar-refractivity contribution < 1.29 is 5.11 Å². The molecule has 1 fully saturated rings. The highest BCUT2D eigenvalue weighted by Crippen LogP contribution is 2.64. The SMILES string of the molecule is CC1=C[C@H](O)[C@@H]2[C@H](C1)C2(C)C. The fourth-order valence-corrected chi connectivity index (χ4v) is 2.66. The predicted octanol–water partition coefficient (Wildman–Crippen LogP) is 1.97. The van der Waals surface area contributed by atoms with Gasteiger partial charge in [0.05, 0.1) is 6.10 Å². The maximum absolute atomic E-state index is 9.65. The third kappa shape index (κ3) is 0.871. The van der Waals surface area contributed by atoms with Gasteiger partial charge >= 0.3 is 0 Å². The first kappa shape index (κ1) is 7.35. The van der Waals surface area contributed by atoms with E-state index in [-0.39, 0.29) is 6.10 Å². The molecule has 0 spiro atoms. The van der Waals surface area contributed by atoms with Crippen molar-refractivity contribution in [3.63, 3.8) is 0 Å². The van der Waals surface area contributed by atoms with E-state index in [0.717, 1.165) is 5.92 Å². The maximum atomic E-state index is 9.65. The van der Waals surface area contributed by atoms with E-state index in [1.807, 2.05) is 6.08 Å². The Morgan fingerprint density at radius 3 is 2.73 bits per heavy atom. The van der Waals surface area contributed by atoms with Gasteiger partial charge in [-0.25, -0.2) is 0 Å². The van der Waals surface area contributed by atoms with E-state index in [0.29, 0.717) is 11.3 Å². The number of aliphatic hydroxyl groups excluding tert-OH is 1. The van der Waals surface area contributed by atoms with Crippen LogP contribution in [0.25, 0.3) is 0 Å². The number of hydrogen-bond acceptors (Lipinski definition) is 1. The van der Waals surface area contributed by atoms with Crippen LogP contribution in [0.2, 0.25) is 0 Å². The Hall–Kier alpha value is -0.300. The summed E-state index contributed by atoms with van der Waals surface area (Å²) in [5, 5.41) is 9.65. The minimum Gasteiger partial charge on any atom is -0.389 e. The van der Waals surface area contributed by atoms with Crippen LogP contribution in [0.15, 0.2) is 11.6 Å². The molecule has 2 aliphatic carbocycles. The van der Waals surface area contributed by atoms with Crippen LogP contribution in [0.3, 0.4) is 0 Å². The minimum atomic E-state index is -0.163. The van der Waals surface area contributed by atoms with Crippen molar-refractivity contribution in [2.75, 3.05) is 0 Å². The van der Waals surface area contributed by atoms with Crippen molar-refractivity contribution in [2.45, 2.75) is 33.3 Å². The molecule has 1 saturated carbocycles. The normalized spacial score (nSPS) is 46.2. The molecule has 3 atom stereocenters. The Labute approximate surface area is 68.1 Å². The van der Waals surface area contributed by atoms with Crippen molar-refractivity contribution in [1.29, 1.82) is 0 Å². The lowest BCUT2D eigenvalue weighted by Crippen LogP contribution is -2.13. The van der Waals surface area contributed by atoms with Crippen LogP contribution in [0.4, 0.5) is 0 Å². The molecule has 0 aromatic heterocycles. The van der Waals surface area contributed by atoms with Crippen molar-refractivity contribution in [2.24, 2.45) is 17.3 Å². The molecule has 0 radical (unpaired) electrons. The molecule has 11 heavy (non-hydrogen) atoms. The van der Waals surface area contributed by atoms with Crippen LogP contribution in [0, 0.1) is 17.3 Å². The molecular formula is C10H16O. The number of hydrogen-bond donors (Lipinski definition) is 1. The molecular weight excluding hydrogens is 136 g/mol. The molecule has 0 bridgehead atoms. The zero-order valence-electron chi connectivity index (χ0n) is 7.46. The lowest BCUT2D eigenvalue weighted by molar-refractivity contribution is 0.175. The quantitative estimate of drug-likeness (QED) is 0.526. The van der Waals surface area contributed by atoms with E-state index in [1.165, 1.54) is 12.0 Å². The molecule has 0 aromatic rings. The Kier molecular flexibility index (Phi) is 1.26. The van der Waals surface area contributed by atoms with Gasteiger partial charge in [0.1, 0.15) is 0 Å². The molecule has 0 saturated heterocycles. The summed E-state index contributed by atoms with van der Waals surface area (Å²) >= 11 is 0. The van der Waals surface area contributed by atoms with Gasteiger partial charge in [0.15, 0.2) is 0 Å². The van der Waals surface area contributed by atoms with Gasteiger partial charge in [-0.15, -0.1) is 0 Å².